The number of ketones is 1. The van der Waals surface area contributed by atoms with E-state index in [-0.39, 0.29) is 42.0 Å². The molecule has 0 N–H and O–H groups in total. The van der Waals surface area contributed by atoms with Crippen LogP contribution in [0.5, 0.6) is 0 Å². The third kappa shape index (κ3) is 5.20. The van der Waals surface area contributed by atoms with E-state index in [9.17, 15) is 14.4 Å². The molecule has 0 radical (unpaired) electrons. The van der Waals surface area contributed by atoms with Crippen LogP contribution >= 0.6 is 15.9 Å². The first-order valence-electron chi connectivity index (χ1n) is 10.2. The fourth-order valence-corrected chi connectivity index (χ4v) is 4.66. The molecule has 5 atom stereocenters. The maximum Gasteiger partial charge on any atom is 0.338 e. The zero-order valence-corrected chi connectivity index (χ0v) is 18.7. The first-order valence-corrected chi connectivity index (χ1v) is 11.0. The molecule has 1 aromatic carbocycles. The van der Waals surface area contributed by atoms with Gasteiger partial charge in [0.25, 0.3) is 0 Å². The van der Waals surface area contributed by atoms with Crippen molar-refractivity contribution < 1.29 is 23.9 Å². The molecule has 0 bridgehead atoms. The van der Waals surface area contributed by atoms with Crippen LogP contribution < -0.4 is 0 Å². The number of hydrogen-bond acceptors (Lipinski definition) is 5. The zero-order chi connectivity index (χ0) is 21.7. The number of carbonyl (C=O) groups is 3. The second-order valence-electron chi connectivity index (χ2n) is 7.71. The number of Topliss-reactive ketones (excluding diaryl/α,β-unsaturated/α-hetero) is 1. The molecule has 1 saturated heterocycles. The molecule has 1 aliphatic carbocycles. The van der Waals surface area contributed by atoms with Gasteiger partial charge < -0.3 is 9.47 Å². The highest BCUT2D eigenvalue weighted by molar-refractivity contribution is 9.12. The lowest BCUT2D eigenvalue weighted by molar-refractivity contribution is -0.141. The highest BCUT2D eigenvalue weighted by Gasteiger charge is 2.51. The Bertz CT molecular complexity index is 895. The largest absolute Gasteiger partial charge is 0.462 e. The number of fused-ring (bicyclic) bond motifs is 1. The van der Waals surface area contributed by atoms with Crippen LogP contribution in [0.25, 0.3) is 0 Å². The number of ether oxygens (including phenoxy) is 2. The average Bonchev–Trinajstić information content (AvgIpc) is 3.24. The summed E-state index contributed by atoms with van der Waals surface area (Å²) >= 11 is 3.41. The molecule has 1 unspecified atom stereocenters. The zero-order valence-electron chi connectivity index (χ0n) is 17.1. The van der Waals surface area contributed by atoms with Crippen LogP contribution in [0.15, 0.2) is 40.9 Å². The number of rotatable bonds is 6. The lowest BCUT2D eigenvalue weighted by Crippen LogP contribution is -2.25. The van der Waals surface area contributed by atoms with Gasteiger partial charge in [-0.2, -0.15) is 0 Å². The van der Waals surface area contributed by atoms with Crippen molar-refractivity contribution in [3.8, 4) is 11.8 Å². The molecule has 1 aromatic rings. The molecule has 2 fully saturated rings. The molecule has 158 valence electrons. The molecule has 0 amide bonds. The highest BCUT2D eigenvalue weighted by Crippen LogP contribution is 2.44. The molecule has 3 rings (SSSR count). The summed E-state index contributed by atoms with van der Waals surface area (Å²) in [5, 5.41) is 0. The Morgan fingerprint density at radius 3 is 2.73 bits per heavy atom. The van der Waals surface area contributed by atoms with Crippen LogP contribution in [-0.4, -0.2) is 29.9 Å². The number of hydrogen-bond donors (Lipinski definition) is 0. The van der Waals surface area contributed by atoms with Crippen LogP contribution in [0.4, 0.5) is 0 Å². The van der Waals surface area contributed by atoms with Gasteiger partial charge in [-0.25, -0.2) is 4.79 Å². The Hall–Kier alpha value is -2.39. The summed E-state index contributed by atoms with van der Waals surface area (Å²) < 4.78 is 11.6. The molecule has 1 saturated carbocycles. The monoisotopic (exact) mass is 472 g/mol. The maximum absolute atomic E-state index is 12.7. The van der Waals surface area contributed by atoms with Gasteiger partial charge >= 0.3 is 11.9 Å². The minimum atomic E-state index is -0.462. The van der Waals surface area contributed by atoms with E-state index in [1.807, 2.05) is 19.9 Å². The van der Waals surface area contributed by atoms with Crippen molar-refractivity contribution in [2.24, 2.45) is 17.8 Å². The molecular formula is C24H25BrO5. The molecule has 30 heavy (non-hydrogen) atoms. The number of benzene rings is 1. The van der Waals surface area contributed by atoms with E-state index in [2.05, 4.69) is 27.8 Å². The fourth-order valence-electron chi connectivity index (χ4n) is 3.96. The van der Waals surface area contributed by atoms with E-state index >= 15 is 0 Å². The summed E-state index contributed by atoms with van der Waals surface area (Å²) in [5.41, 5.74) is 0.465. The van der Waals surface area contributed by atoms with Gasteiger partial charge in [-0.1, -0.05) is 38.1 Å². The molecule has 0 spiro atoms. The quantitative estimate of drug-likeness (QED) is 0.347. The Balaban J connectivity index is 1.77. The van der Waals surface area contributed by atoms with Crippen molar-refractivity contribution in [2.45, 2.75) is 51.7 Å². The van der Waals surface area contributed by atoms with Gasteiger partial charge in [-0.15, -0.1) is 11.8 Å². The lowest BCUT2D eigenvalue weighted by Gasteiger charge is -2.21. The Morgan fingerprint density at radius 2 is 2.03 bits per heavy atom. The van der Waals surface area contributed by atoms with E-state index in [0.29, 0.717) is 22.9 Å². The maximum atomic E-state index is 12.7. The fraction of sp³-hybridized carbons (Fsp3) is 0.458. The normalized spacial score (nSPS) is 26.2. The van der Waals surface area contributed by atoms with Crippen molar-refractivity contribution in [3.63, 3.8) is 0 Å². The standard InChI is InChI=1S/C24H25BrO5/c1-3-4-6-9-15(2)23(27)19(25)12-17-18-13-22(26)29-20(18)14-21(17)30-24(28)16-10-7-5-8-11-16/h5,7-8,10-12,15,17-18,20-21H,3,9,13-14H2,1-2H3/b19-12+/t15?,17-,18+,20-,21+/m0/s1. The third-order valence-corrected chi connectivity index (χ3v) is 6.21. The Labute approximate surface area is 185 Å². The van der Waals surface area contributed by atoms with Gasteiger partial charge in [0, 0.05) is 37.0 Å². The molecular weight excluding hydrogens is 448 g/mol. The smallest absolute Gasteiger partial charge is 0.338 e. The van der Waals surface area contributed by atoms with Crippen molar-refractivity contribution in [1.29, 1.82) is 0 Å². The average molecular weight is 473 g/mol. The summed E-state index contributed by atoms with van der Waals surface area (Å²) in [6.45, 7) is 3.81. The van der Waals surface area contributed by atoms with Crippen molar-refractivity contribution in [3.05, 3.63) is 46.5 Å². The third-order valence-electron chi connectivity index (χ3n) is 5.55. The summed E-state index contributed by atoms with van der Waals surface area (Å²) in [7, 11) is 0. The number of halogens is 1. The Kier molecular flexibility index (Phi) is 7.49. The number of esters is 2. The molecule has 0 aromatic heterocycles. The summed E-state index contributed by atoms with van der Waals surface area (Å²) in [5.74, 6) is 4.62. The molecule has 1 aliphatic heterocycles. The highest BCUT2D eigenvalue weighted by atomic mass is 79.9. The summed E-state index contributed by atoms with van der Waals surface area (Å²) in [6, 6.07) is 8.77. The molecule has 5 nitrogen and oxygen atoms in total. The van der Waals surface area contributed by atoms with Crippen LogP contribution in [-0.2, 0) is 19.1 Å². The van der Waals surface area contributed by atoms with E-state index in [0.717, 1.165) is 6.42 Å². The first kappa shape index (κ1) is 22.3. The van der Waals surface area contributed by atoms with Gasteiger partial charge in [-0.05, 0) is 28.1 Å². The predicted octanol–water partition coefficient (Wildman–Crippen LogP) is 4.45. The topological polar surface area (TPSA) is 69.7 Å². The van der Waals surface area contributed by atoms with Crippen LogP contribution in [0, 0.1) is 29.6 Å². The van der Waals surface area contributed by atoms with E-state index < -0.39 is 12.1 Å². The van der Waals surface area contributed by atoms with Gasteiger partial charge in [0.05, 0.1) is 16.5 Å². The Morgan fingerprint density at radius 1 is 1.30 bits per heavy atom. The van der Waals surface area contributed by atoms with E-state index in [1.54, 1.807) is 30.3 Å². The van der Waals surface area contributed by atoms with Crippen molar-refractivity contribution >= 4 is 33.7 Å². The first-order chi connectivity index (χ1) is 14.4. The summed E-state index contributed by atoms with van der Waals surface area (Å²) in [4.78, 5) is 37.1. The van der Waals surface area contributed by atoms with E-state index in [1.165, 1.54) is 0 Å². The van der Waals surface area contributed by atoms with Crippen molar-refractivity contribution in [1.82, 2.24) is 0 Å². The molecule has 1 heterocycles. The SMILES string of the molecule is CCC#CCC(C)C(=O)/C(Br)=C\[C@H]1[C@H]2CC(=O)O[C@H]2C[C@H]1OC(=O)c1ccccc1. The van der Waals surface area contributed by atoms with Gasteiger partial charge in [0.15, 0.2) is 5.78 Å². The predicted molar refractivity (Wildman–Crippen MR) is 116 cm³/mol. The van der Waals surface area contributed by atoms with Crippen molar-refractivity contribution in [2.75, 3.05) is 0 Å². The van der Waals surface area contributed by atoms with Crippen LogP contribution in [0.1, 0.15) is 49.9 Å². The second kappa shape index (κ2) is 10.1. The van der Waals surface area contributed by atoms with E-state index in [4.69, 9.17) is 9.47 Å². The lowest BCUT2D eigenvalue weighted by atomic mass is 9.90. The molecule has 2 aliphatic rings. The van der Waals surface area contributed by atoms with Gasteiger partial charge in [0.1, 0.15) is 12.2 Å². The number of carbonyl (C=O) groups excluding carboxylic acids is 3. The molecule has 6 heteroatoms. The minimum Gasteiger partial charge on any atom is -0.462 e. The number of allylic oxidation sites excluding steroid dienone is 1. The van der Waals surface area contributed by atoms with Gasteiger partial charge in [-0.3, -0.25) is 9.59 Å². The van der Waals surface area contributed by atoms with Gasteiger partial charge in [0.2, 0.25) is 0 Å². The minimum absolute atomic E-state index is 0.0535. The summed E-state index contributed by atoms with van der Waals surface area (Å²) in [6.07, 6.45) is 2.97. The second-order valence-corrected chi connectivity index (χ2v) is 8.56. The van der Waals surface area contributed by atoms with Crippen LogP contribution in [0.3, 0.4) is 0 Å². The van der Waals surface area contributed by atoms with Crippen LogP contribution in [0.2, 0.25) is 0 Å².